The fourth-order valence-corrected chi connectivity index (χ4v) is 1.73. The monoisotopic (exact) mass is 216 g/mol. The van der Waals surface area contributed by atoms with Crippen molar-refractivity contribution in [3.05, 3.63) is 6.33 Å². The lowest BCUT2D eigenvalue weighted by atomic mass is 10.2. The van der Waals surface area contributed by atoms with Crippen LogP contribution in [0.1, 0.15) is 6.42 Å². The molecule has 0 aliphatic heterocycles. The van der Waals surface area contributed by atoms with E-state index in [1.807, 2.05) is 0 Å². The zero-order valence-electron chi connectivity index (χ0n) is 7.75. The first-order valence-electron chi connectivity index (χ1n) is 4.06. The summed E-state index contributed by atoms with van der Waals surface area (Å²) < 4.78 is 1.64. The van der Waals surface area contributed by atoms with Crippen molar-refractivity contribution in [3.63, 3.8) is 0 Å². The number of carboxylic acids is 1. The Morgan fingerprint density at radius 3 is 3.07 bits per heavy atom. The third-order valence-corrected chi connectivity index (χ3v) is 2.71. The van der Waals surface area contributed by atoms with Gasteiger partial charge in [-0.3, -0.25) is 4.79 Å². The molecule has 1 unspecified atom stereocenters. The number of rotatable bonds is 5. The van der Waals surface area contributed by atoms with Crippen molar-refractivity contribution < 1.29 is 9.90 Å². The Morgan fingerprint density at radius 2 is 2.57 bits per heavy atom. The maximum absolute atomic E-state index is 10.4. The first-order chi connectivity index (χ1) is 6.61. The van der Waals surface area contributed by atoms with Crippen LogP contribution in [0.5, 0.6) is 0 Å². The highest BCUT2D eigenvalue weighted by molar-refractivity contribution is 7.99. The SMILES string of the molecule is Cn1ncnc1SCCC(N)C(=O)O. The number of thioether (sulfide) groups is 1. The maximum atomic E-state index is 10.4. The van der Waals surface area contributed by atoms with Gasteiger partial charge in [0.15, 0.2) is 5.16 Å². The molecule has 0 aliphatic carbocycles. The van der Waals surface area contributed by atoms with Gasteiger partial charge in [-0.25, -0.2) is 9.67 Å². The van der Waals surface area contributed by atoms with Gasteiger partial charge in [-0.1, -0.05) is 11.8 Å². The minimum absolute atomic E-state index is 0.423. The molecule has 3 N–H and O–H groups in total. The number of nitrogens with zero attached hydrogens (tertiary/aromatic N) is 3. The van der Waals surface area contributed by atoms with Gasteiger partial charge in [0.25, 0.3) is 0 Å². The van der Waals surface area contributed by atoms with Gasteiger partial charge in [0.05, 0.1) is 0 Å². The van der Waals surface area contributed by atoms with Crippen molar-refractivity contribution in [2.24, 2.45) is 12.8 Å². The standard InChI is InChI=1S/C7H12N4O2S/c1-11-7(9-4-10-11)14-3-2-5(8)6(12)13/h4-5H,2-3,8H2,1H3,(H,12,13). The van der Waals surface area contributed by atoms with Crippen molar-refractivity contribution in [1.82, 2.24) is 14.8 Å². The number of nitrogens with two attached hydrogens (primary N) is 1. The van der Waals surface area contributed by atoms with Crippen LogP contribution < -0.4 is 5.73 Å². The molecule has 1 rings (SSSR count). The summed E-state index contributed by atoms with van der Waals surface area (Å²) in [7, 11) is 1.78. The summed E-state index contributed by atoms with van der Waals surface area (Å²) in [4.78, 5) is 14.4. The molecule has 0 amide bonds. The second-order valence-electron chi connectivity index (χ2n) is 2.75. The van der Waals surface area contributed by atoms with Crippen LogP contribution in [0, 0.1) is 0 Å². The van der Waals surface area contributed by atoms with Crippen LogP contribution in [0.4, 0.5) is 0 Å². The Bertz CT molecular complexity index is 314. The van der Waals surface area contributed by atoms with E-state index in [0.29, 0.717) is 12.2 Å². The third kappa shape index (κ3) is 3.00. The molecule has 0 bridgehead atoms. The van der Waals surface area contributed by atoms with Crippen molar-refractivity contribution in [1.29, 1.82) is 0 Å². The highest BCUT2D eigenvalue weighted by Crippen LogP contribution is 2.14. The molecule has 6 nitrogen and oxygen atoms in total. The summed E-state index contributed by atoms with van der Waals surface area (Å²) in [6.07, 6.45) is 1.88. The van der Waals surface area contributed by atoms with Crippen LogP contribution >= 0.6 is 11.8 Å². The molecule has 78 valence electrons. The highest BCUT2D eigenvalue weighted by Gasteiger charge is 2.11. The molecule has 0 aliphatic rings. The van der Waals surface area contributed by atoms with E-state index in [1.54, 1.807) is 11.7 Å². The Hall–Kier alpha value is -1.08. The average Bonchev–Trinajstić information content (AvgIpc) is 2.51. The fourth-order valence-electron chi connectivity index (χ4n) is 0.817. The van der Waals surface area contributed by atoms with Crippen molar-refractivity contribution in [2.45, 2.75) is 17.6 Å². The number of carbonyl (C=O) groups is 1. The first kappa shape index (κ1) is 11.0. The summed E-state index contributed by atoms with van der Waals surface area (Å²) in [5, 5.41) is 13.2. The number of aromatic nitrogens is 3. The summed E-state index contributed by atoms with van der Waals surface area (Å²) in [5.74, 6) is -0.344. The van der Waals surface area contributed by atoms with Crippen LogP contribution in [0.15, 0.2) is 11.5 Å². The summed E-state index contributed by atoms with van der Waals surface area (Å²) in [5.41, 5.74) is 5.34. The molecule has 0 aromatic carbocycles. The lowest BCUT2D eigenvalue weighted by molar-refractivity contribution is -0.138. The molecule has 1 atom stereocenters. The number of carboxylic acid groups (broad SMARTS) is 1. The molecule has 0 fully saturated rings. The number of hydrogen-bond acceptors (Lipinski definition) is 5. The fraction of sp³-hybridized carbons (Fsp3) is 0.571. The normalized spacial score (nSPS) is 12.7. The predicted molar refractivity (Wildman–Crippen MR) is 52.0 cm³/mol. The van der Waals surface area contributed by atoms with Crippen molar-refractivity contribution in [3.8, 4) is 0 Å². The van der Waals surface area contributed by atoms with Gasteiger partial charge in [-0.15, -0.1) is 0 Å². The molecule has 0 radical (unpaired) electrons. The lowest BCUT2D eigenvalue weighted by Gasteiger charge is -2.04. The topological polar surface area (TPSA) is 94.0 Å². The third-order valence-electron chi connectivity index (χ3n) is 1.65. The Balaban J connectivity index is 2.29. The zero-order chi connectivity index (χ0) is 10.6. The molecule has 1 heterocycles. The largest absolute Gasteiger partial charge is 0.480 e. The Labute approximate surface area is 85.5 Å². The molecular formula is C7H12N4O2S. The van der Waals surface area contributed by atoms with E-state index >= 15 is 0 Å². The maximum Gasteiger partial charge on any atom is 0.320 e. The highest BCUT2D eigenvalue weighted by atomic mass is 32.2. The molecule has 7 heteroatoms. The number of hydrogen-bond donors (Lipinski definition) is 2. The molecule has 0 saturated heterocycles. The first-order valence-corrected chi connectivity index (χ1v) is 5.05. The van der Waals surface area contributed by atoms with Gasteiger partial charge in [0, 0.05) is 12.8 Å². The van der Waals surface area contributed by atoms with Crippen LogP contribution in [-0.2, 0) is 11.8 Å². The van der Waals surface area contributed by atoms with E-state index in [4.69, 9.17) is 10.8 Å². The van der Waals surface area contributed by atoms with Crippen LogP contribution in [0.2, 0.25) is 0 Å². The van der Waals surface area contributed by atoms with E-state index in [0.717, 1.165) is 5.16 Å². The lowest BCUT2D eigenvalue weighted by Crippen LogP contribution is -2.30. The van der Waals surface area contributed by atoms with Crippen molar-refractivity contribution >= 4 is 17.7 Å². The van der Waals surface area contributed by atoms with Gasteiger partial charge in [-0.05, 0) is 6.42 Å². The molecule has 1 aromatic rings. The zero-order valence-corrected chi connectivity index (χ0v) is 8.57. The number of aliphatic carboxylic acids is 1. The summed E-state index contributed by atoms with van der Waals surface area (Å²) in [6.45, 7) is 0. The molecular weight excluding hydrogens is 204 g/mol. The summed E-state index contributed by atoms with van der Waals surface area (Å²) in [6, 6.07) is -0.796. The quantitative estimate of drug-likeness (QED) is 0.657. The second-order valence-corrected chi connectivity index (χ2v) is 3.81. The van der Waals surface area contributed by atoms with E-state index < -0.39 is 12.0 Å². The minimum Gasteiger partial charge on any atom is -0.480 e. The Morgan fingerprint density at radius 1 is 1.86 bits per heavy atom. The summed E-state index contributed by atoms with van der Waals surface area (Å²) >= 11 is 1.45. The smallest absolute Gasteiger partial charge is 0.320 e. The van der Waals surface area contributed by atoms with E-state index in [1.165, 1.54) is 18.1 Å². The van der Waals surface area contributed by atoms with E-state index in [-0.39, 0.29) is 0 Å². The predicted octanol–water partition coefficient (Wildman–Crippen LogP) is -0.291. The average molecular weight is 216 g/mol. The number of aryl methyl sites for hydroxylation is 1. The van der Waals surface area contributed by atoms with Crippen LogP contribution in [-0.4, -0.2) is 37.6 Å². The molecule has 14 heavy (non-hydrogen) atoms. The molecule has 1 aromatic heterocycles. The second kappa shape index (κ2) is 4.97. The minimum atomic E-state index is -0.969. The van der Waals surface area contributed by atoms with Gasteiger partial charge in [0.1, 0.15) is 12.4 Å². The van der Waals surface area contributed by atoms with Crippen molar-refractivity contribution in [2.75, 3.05) is 5.75 Å². The van der Waals surface area contributed by atoms with Gasteiger partial charge >= 0.3 is 5.97 Å². The van der Waals surface area contributed by atoms with E-state index in [9.17, 15) is 4.79 Å². The van der Waals surface area contributed by atoms with E-state index in [2.05, 4.69) is 10.1 Å². The van der Waals surface area contributed by atoms with Gasteiger partial charge in [-0.2, -0.15) is 5.10 Å². The van der Waals surface area contributed by atoms with Gasteiger partial charge < -0.3 is 10.8 Å². The van der Waals surface area contributed by atoms with Gasteiger partial charge in [0.2, 0.25) is 0 Å². The molecule has 0 spiro atoms. The van der Waals surface area contributed by atoms with Crippen LogP contribution in [0.3, 0.4) is 0 Å². The van der Waals surface area contributed by atoms with Crippen LogP contribution in [0.25, 0.3) is 0 Å². The Kier molecular flexibility index (Phi) is 3.90. The molecule has 0 saturated carbocycles.